The summed E-state index contributed by atoms with van der Waals surface area (Å²) in [5.41, 5.74) is -0.129. The summed E-state index contributed by atoms with van der Waals surface area (Å²) in [6, 6.07) is 4.73. The molecule has 1 aromatic heterocycles. The highest BCUT2D eigenvalue weighted by molar-refractivity contribution is 7.04. The largest absolute Gasteiger partial charge is 0.462 e. The quantitative estimate of drug-likeness (QED) is 0.785. The molecule has 0 fully saturated rings. The third kappa shape index (κ3) is 3.60. The molecule has 0 bridgehead atoms. The maximum absolute atomic E-state index is 12.7. The zero-order valence-electron chi connectivity index (χ0n) is 11.1. The summed E-state index contributed by atoms with van der Waals surface area (Å²) in [5, 5.41) is 1.48. The lowest BCUT2D eigenvalue weighted by Crippen LogP contribution is -2.07. The van der Waals surface area contributed by atoms with Crippen LogP contribution in [0.15, 0.2) is 29.6 Å². The molecule has 0 atom stereocenters. The van der Waals surface area contributed by atoms with Gasteiger partial charge in [-0.2, -0.15) is 17.5 Å². The zero-order chi connectivity index (χ0) is 15.5. The van der Waals surface area contributed by atoms with Gasteiger partial charge in [-0.05, 0) is 30.1 Å². The standard InChI is InChI=1S/C14H12F3NO2S/c1-2-6-20-13(19)11-8-21-18-12(11)9-4-3-5-10(7-9)14(15,16)17/h3-5,7-8H,2,6H2,1H3. The molecule has 112 valence electrons. The number of aromatic nitrogens is 1. The van der Waals surface area contributed by atoms with Crippen molar-refractivity contribution in [3.63, 3.8) is 0 Å². The van der Waals surface area contributed by atoms with Crippen molar-refractivity contribution >= 4 is 17.5 Å². The Kier molecular flexibility index (Phi) is 4.62. The van der Waals surface area contributed by atoms with Gasteiger partial charge in [0.15, 0.2) is 0 Å². The highest BCUT2D eigenvalue weighted by Crippen LogP contribution is 2.33. The minimum absolute atomic E-state index is 0.188. The van der Waals surface area contributed by atoms with Crippen LogP contribution in [0, 0.1) is 0 Å². The van der Waals surface area contributed by atoms with E-state index in [1.54, 1.807) is 0 Å². The molecule has 0 unspecified atom stereocenters. The Morgan fingerprint density at radius 2 is 2.14 bits per heavy atom. The topological polar surface area (TPSA) is 39.2 Å². The van der Waals surface area contributed by atoms with E-state index in [1.165, 1.54) is 17.5 Å². The minimum atomic E-state index is -4.44. The summed E-state index contributed by atoms with van der Waals surface area (Å²) in [6.07, 6.45) is -3.77. The molecule has 0 amide bonds. The average Bonchev–Trinajstić information content (AvgIpc) is 2.93. The Bertz CT molecular complexity index is 637. The molecular formula is C14H12F3NO2S. The van der Waals surface area contributed by atoms with Crippen LogP contribution < -0.4 is 0 Å². The number of hydrogen-bond acceptors (Lipinski definition) is 4. The van der Waals surface area contributed by atoms with Crippen molar-refractivity contribution in [1.82, 2.24) is 4.37 Å². The Balaban J connectivity index is 2.35. The molecule has 2 rings (SSSR count). The normalized spacial score (nSPS) is 11.4. The summed E-state index contributed by atoms with van der Waals surface area (Å²) in [4.78, 5) is 11.9. The third-order valence-corrected chi connectivity index (χ3v) is 3.32. The number of carbonyl (C=O) groups excluding carboxylic acids is 1. The molecule has 0 radical (unpaired) electrons. The second-order valence-electron chi connectivity index (χ2n) is 4.29. The van der Waals surface area contributed by atoms with E-state index in [9.17, 15) is 18.0 Å². The molecule has 1 aromatic carbocycles. The first-order valence-electron chi connectivity index (χ1n) is 6.22. The van der Waals surface area contributed by atoms with Crippen LogP contribution in [-0.2, 0) is 10.9 Å². The van der Waals surface area contributed by atoms with Crippen LogP contribution in [0.5, 0.6) is 0 Å². The molecular weight excluding hydrogens is 303 g/mol. The van der Waals surface area contributed by atoms with Crippen LogP contribution >= 0.6 is 11.5 Å². The molecule has 0 saturated heterocycles. The fourth-order valence-corrected chi connectivity index (χ4v) is 2.38. The van der Waals surface area contributed by atoms with Crippen molar-refractivity contribution in [2.45, 2.75) is 19.5 Å². The second kappa shape index (κ2) is 6.26. The number of rotatable bonds is 4. The van der Waals surface area contributed by atoms with Crippen molar-refractivity contribution in [1.29, 1.82) is 0 Å². The van der Waals surface area contributed by atoms with Gasteiger partial charge in [0.1, 0.15) is 0 Å². The maximum atomic E-state index is 12.7. The summed E-state index contributed by atoms with van der Waals surface area (Å²) < 4.78 is 47.2. The smallest absolute Gasteiger partial charge is 0.416 e. The summed E-state index contributed by atoms with van der Waals surface area (Å²) in [7, 11) is 0. The predicted molar refractivity (Wildman–Crippen MR) is 73.1 cm³/mol. The van der Waals surface area contributed by atoms with Crippen LogP contribution in [-0.4, -0.2) is 16.9 Å². The van der Waals surface area contributed by atoms with Crippen molar-refractivity contribution in [2.75, 3.05) is 6.61 Å². The molecule has 0 N–H and O–H groups in total. The van der Waals surface area contributed by atoms with Gasteiger partial charge in [0, 0.05) is 10.9 Å². The summed E-state index contributed by atoms with van der Waals surface area (Å²) >= 11 is 1.00. The fourth-order valence-electron chi connectivity index (χ4n) is 1.71. The lowest BCUT2D eigenvalue weighted by atomic mass is 10.1. The highest BCUT2D eigenvalue weighted by atomic mass is 32.1. The number of hydrogen-bond donors (Lipinski definition) is 0. The molecule has 0 spiro atoms. The van der Waals surface area contributed by atoms with Crippen molar-refractivity contribution in [3.8, 4) is 11.3 Å². The Labute approximate surface area is 123 Å². The van der Waals surface area contributed by atoms with Gasteiger partial charge in [-0.3, -0.25) is 0 Å². The van der Waals surface area contributed by atoms with Gasteiger partial charge in [0.25, 0.3) is 0 Å². The number of ether oxygens (including phenoxy) is 1. The molecule has 3 nitrogen and oxygen atoms in total. The second-order valence-corrected chi connectivity index (χ2v) is 4.92. The van der Waals surface area contributed by atoms with Crippen LogP contribution in [0.25, 0.3) is 11.3 Å². The molecule has 0 aliphatic carbocycles. The fraction of sp³-hybridized carbons (Fsp3) is 0.286. The highest BCUT2D eigenvalue weighted by Gasteiger charge is 2.31. The van der Waals surface area contributed by atoms with E-state index >= 15 is 0 Å². The molecule has 2 aromatic rings. The maximum Gasteiger partial charge on any atom is 0.416 e. The van der Waals surface area contributed by atoms with Crippen LogP contribution in [0.3, 0.4) is 0 Å². The number of halogens is 3. The lowest BCUT2D eigenvalue weighted by Gasteiger charge is -2.08. The predicted octanol–water partition coefficient (Wildman–Crippen LogP) is 4.40. The molecule has 21 heavy (non-hydrogen) atoms. The van der Waals surface area contributed by atoms with Crippen LogP contribution in [0.4, 0.5) is 13.2 Å². The number of carbonyl (C=O) groups is 1. The first-order valence-corrected chi connectivity index (χ1v) is 7.06. The van der Waals surface area contributed by atoms with E-state index < -0.39 is 17.7 Å². The van der Waals surface area contributed by atoms with Gasteiger partial charge in [-0.15, -0.1) is 0 Å². The average molecular weight is 315 g/mol. The van der Waals surface area contributed by atoms with E-state index in [0.29, 0.717) is 6.42 Å². The van der Waals surface area contributed by atoms with Crippen molar-refractivity contribution < 1.29 is 22.7 Å². The summed E-state index contributed by atoms with van der Waals surface area (Å²) in [5.74, 6) is -0.571. The molecule has 0 aliphatic heterocycles. The van der Waals surface area contributed by atoms with Gasteiger partial charge < -0.3 is 4.74 Å². The van der Waals surface area contributed by atoms with Crippen molar-refractivity contribution in [2.24, 2.45) is 0 Å². The molecule has 7 heteroatoms. The van der Waals surface area contributed by atoms with Gasteiger partial charge in [0.05, 0.1) is 23.4 Å². The molecule has 1 heterocycles. The SMILES string of the molecule is CCCOC(=O)c1csnc1-c1cccc(C(F)(F)F)c1. The van der Waals surface area contributed by atoms with Gasteiger partial charge >= 0.3 is 12.1 Å². The Morgan fingerprint density at radius 3 is 2.81 bits per heavy atom. The van der Waals surface area contributed by atoms with Crippen molar-refractivity contribution in [3.05, 3.63) is 40.8 Å². The van der Waals surface area contributed by atoms with E-state index in [4.69, 9.17) is 4.74 Å². The van der Waals surface area contributed by atoms with Gasteiger partial charge in [-0.1, -0.05) is 19.1 Å². The first kappa shape index (κ1) is 15.5. The first-order chi connectivity index (χ1) is 9.93. The van der Waals surface area contributed by atoms with E-state index in [0.717, 1.165) is 23.7 Å². The Morgan fingerprint density at radius 1 is 1.38 bits per heavy atom. The van der Waals surface area contributed by atoms with E-state index in [1.807, 2.05) is 6.92 Å². The van der Waals surface area contributed by atoms with Gasteiger partial charge in [-0.25, -0.2) is 4.79 Å². The zero-order valence-corrected chi connectivity index (χ0v) is 11.9. The summed E-state index contributed by atoms with van der Waals surface area (Å²) in [6.45, 7) is 2.11. The van der Waals surface area contributed by atoms with Gasteiger partial charge in [0.2, 0.25) is 0 Å². The number of esters is 1. The van der Waals surface area contributed by atoms with Crippen LogP contribution in [0.2, 0.25) is 0 Å². The Hall–Kier alpha value is -1.89. The number of alkyl halides is 3. The van der Waals surface area contributed by atoms with Crippen LogP contribution in [0.1, 0.15) is 29.3 Å². The molecule has 0 aliphatic rings. The van der Waals surface area contributed by atoms with E-state index in [-0.39, 0.29) is 23.4 Å². The number of benzene rings is 1. The molecule has 0 saturated carbocycles. The number of nitrogens with zero attached hydrogens (tertiary/aromatic N) is 1. The third-order valence-electron chi connectivity index (χ3n) is 2.69. The monoisotopic (exact) mass is 315 g/mol. The lowest BCUT2D eigenvalue weighted by molar-refractivity contribution is -0.137. The minimum Gasteiger partial charge on any atom is -0.462 e. The van der Waals surface area contributed by atoms with E-state index in [2.05, 4.69) is 4.37 Å².